The molecule has 0 aliphatic rings. The Hall–Kier alpha value is -1.35. The number of Topliss-reactive ketones (excluding diaryl/α,β-unsaturated/α-hetero) is 1. The van der Waals surface area contributed by atoms with Crippen molar-refractivity contribution in [2.45, 2.75) is 20.3 Å². The lowest BCUT2D eigenvalue weighted by Crippen LogP contribution is -2.11. The molecule has 0 unspecified atom stereocenters. The van der Waals surface area contributed by atoms with Crippen LogP contribution < -0.4 is 10.5 Å². The number of rotatable bonds is 4. The zero-order valence-corrected chi connectivity index (χ0v) is 9.46. The summed E-state index contributed by atoms with van der Waals surface area (Å²) in [6.45, 7) is 4.27. The standard InChI is InChI=1S/C12H17NO2/c1-8-6-9(2)12(10(14)4-5-13)11(7-8)15-3/h6-7H,4-5,13H2,1-3H3. The molecule has 0 saturated heterocycles. The lowest BCUT2D eigenvalue weighted by molar-refractivity contribution is 0.0982. The van der Waals surface area contributed by atoms with Crippen LogP contribution in [0.15, 0.2) is 12.1 Å². The van der Waals surface area contributed by atoms with E-state index >= 15 is 0 Å². The van der Waals surface area contributed by atoms with Gasteiger partial charge < -0.3 is 10.5 Å². The van der Waals surface area contributed by atoms with Crippen molar-refractivity contribution in [2.24, 2.45) is 5.73 Å². The van der Waals surface area contributed by atoms with Crippen LogP contribution in [0, 0.1) is 13.8 Å². The molecular formula is C12H17NO2. The Bertz CT molecular complexity index is 372. The molecular weight excluding hydrogens is 190 g/mol. The summed E-state index contributed by atoms with van der Waals surface area (Å²) in [6.07, 6.45) is 0.361. The van der Waals surface area contributed by atoms with Crippen molar-refractivity contribution in [3.05, 3.63) is 28.8 Å². The van der Waals surface area contributed by atoms with Crippen molar-refractivity contribution in [1.29, 1.82) is 0 Å². The summed E-state index contributed by atoms with van der Waals surface area (Å²) in [5.74, 6) is 0.692. The highest BCUT2D eigenvalue weighted by Gasteiger charge is 2.14. The van der Waals surface area contributed by atoms with Gasteiger partial charge in [-0.1, -0.05) is 6.07 Å². The smallest absolute Gasteiger partial charge is 0.168 e. The number of ketones is 1. The van der Waals surface area contributed by atoms with E-state index in [4.69, 9.17) is 10.5 Å². The third-order valence-corrected chi connectivity index (χ3v) is 2.31. The third kappa shape index (κ3) is 2.57. The molecule has 1 aromatic rings. The van der Waals surface area contributed by atoms with Gasteiger partial charge in [0.05, 0.1) is 12.7 Å². The lowest BCUT2D eigenvalue weighted by atomic mass is 9.99. The van der Waals surface area contributed by atoms with E-state index in [0.717, 1.165) is 11.1 Å². The Morgan fingerprint density at radius 3 is 2.60 bits per heavy atom. The summed E-state index contributed by atoms with van der Waals surface area (Å²) in [6, 6.07) is 3.85. The van der Waals surface area contributed by atoms with Crippen LogP contribution in [-0.4, -0.2) is 19.4 Å². The number of aryl methyl sites for hydroxylation is 2. The lowest BCUT2D eigenvalue weighted by Gasteiger charge is -2.11. The normalized spacial score (nSPS) is 10.1. The fraction of sp³-hybridized carbons (Fsp3) is 0.417. The number of carbonyl (C=O) groups excluding carboxylic acids is 1. The minimum atomic E-state index is 0.0480. The van der Waals surface area contributed by atoms with Gasteiger partial charge in [-0.2, -0.15) is 0 Å². The zero-order valence-electron chi connectivity index (χ0n) is 9.46. The summed E-state index contributed by atoms with van der Waals surface area (Å²) in [5.41, 5.74) is 8.08. The highest BCUT2D eigenvalue weighted by atomic mass is 16.5. The first kappa shape index (κ1) is 11.7. The minimum absolute atomic E-state index is 0.0480. The summed E-state index contributed by atoms with van der Waals surface area (Å²) in [4.78, 5) is 11.8. The number of nitrogens with two attached hydrogens (primary N) is 1. The second-order valence-electron chi connectivity index (χ2n) is 3.62. The van der Waals surface area contributed by atoms with Crippen LogP contribution in [0.4, 0.5) is 0 Å². The fourth-order valence-electron chi connectivity index (χ4n) is 1.70. The third-order valence-electron chi connectivity index (χ3n) is 2.31. The molecule has 0 spiro atoms. The molecule has 0 aliphatic carbocycles. The van der Waals surface area contributed by atoms with Crippen molar-refractivity contribution in [3.63, 3.8) is 0 Å². The molecule has 0 heterocycles. The summed E-state index contributed by atoms with van der Waals surface area (Å²) in [7, 11) is 1.58. The average Bonchev–Trinajstić information content (AvgIpc) is 2.16. The van der Waals surface area contributed by atoms with Gasteiger partial charge in [-0.3, -0.25) is 4.79 Å². The summed E-state index contributed by atoms with van der Waals surface area (Å²) in [5, 5.41) is 0. The first-order valence-corrected chi connectivity index (χ1v) is 4.98. The van der Waals surface area contributed by atoms with Crippen LogP contribution in [0.3, 0.4) is 0 Å². The highest BCUT2D eigenvalue weighted by Crippen LogP contribution is 2.25. The highest BCUT2D eigenvalue weighted by molar-refractivity contribution is 6.00. The van der Waals surface area contributed by atoms with Crippen molar-refractivity contribution < 1.29 is 9.53 Å². The molecule has 15 heavy (non-hydrogen) atoms. The van der Waals surface area contributed by atoms with Crippen molar-refractivity contribution in [2.75, 3.05) is 13.7 Å². The van der Waals surface area contributed by atoms with E-state index in [2.05, 4.69) is 0 Å². The fourth-order valence-corrected chi connectivity index (χ4v) is 1.70. The molecule has 82 valence electrons. The van der Waals surface area contributed by atoms with Gasteiger partial charge in [-0.25, -0.2) is 0 Å². The number of benzene rings is 1. The molecule has 3 nitrogen and oxygen atoms in total. The van der Waals surface area contributed by atoms with Gasteiger partial charge in [-0.15, -0.1) is 0 Å². The van der Waals surface area contributed by atoms with Crippen molar-refractivity contribution >= 4 is 5.78 Å². The molecule has 0 aliphatic heterocycles. The predicted octanol–water partition coefficient (Wildman–Crippen LogP) is 1.84. The maximum absolute atomic E-state index is 11.8. The molecule has 0 aromatic heterocycles. The van der Waals surface area contributed by atoms with Gasteiger partial charge in [0.25, 0.3) is 0 Å². The molecule has 2 N–H and O–H groups in total. The van der Waals surface area contributed by atoms with Crippen molar-refractivity contribution in [1.82, 2.24) is 0 Å². The quantitative estimate of drug-likeness (QED) is 0.766. The zero-order chi connectivity index (χ0) is 11.4. The molecule has 0 amide bonds. The van der Waals surface area contributed by atoms with Gasteiger partial charge in [0.15, 0.2) is 5.78 Å². The number of hydrogen-bond acceptors (Lipinski definition) is 3. The van der Waals surface area contributed by atoms with E-state index in [1.165, 1.54) is 0 Å². The molecule has 0 bridgehead atoms. The summed E-state index contributed by atoms with van der Waals surface area (Å²) >= 11 is 0. The van der Waals surface area contributed by atoms with E-state index in [0.29, 0.717) is 24.3 Å². The number of carbonyl (C=O) groups is 1. The monoisotopic (exact) mass is 207 g/mol. The number of methoxy groups -OCH3 is 1. The molecule has 1 rings (SSSR count). The first-order chi connectivity index (χ1) is 7.10. The Balaban J connectivity index is 3.20. The van der Waals surface area contributed by atoms with Crippen LogP contribution in [0.2, 0.25) is 0 Å². The predicted molar refractivity (Wildman–Crippen MR) is 60.5 cm³/mol. The van der Waals surface area contributed by atoms with Crippen LogP contribution in [0.5, 0.6) is 5.75 Å². The molecule has 3 heteroatoms. The van der Waals surface area contributed by atoms with E-state index in [9.17, 15) is 4.79 Å². The van der Waals surface area contributed by atoms with Crippen LogP contribution in [-0.2, 0) is 0 Å². The maximum Gasteiger partial charge on any atom is 0.168 e. The van der Waals surface area contributed by atoms with E-state index < -0.39 is 0 Å². The van der Waals surface area contributed by atoms with Crippen LogP contribution >= 0.6 is 0 Å². The Kier molecular flexibility index (Phi) is 3.86. The topological polar surface area (TPSA) is 52.3 Å². The maximum atomic E-state index is 11.8. The van der Waals surface area contributed by atoms with Gasteiger partial charge >= 0.3 is 0 Å². The van der Waals surface area contributed by atoms with Gasteiger partial charge in [0.2, 0.25) is 0 Å². The largest absolute Gasteiger partial charge is 0.496 e. The van der Waals surface area contributed by atoms with E-state index in [1.54, 1.807) is 7.11 Å². The molecule has 0 fully saturated rings. The molecule has 0 saturated carbocycles. The van der Waals surface area contributed by atoms with E-state index in [-0.39, 0.29) is 5.78 Å². The Labute approximate surface area is 90.2 Å². The van der Waals surface area contributed by atoms with Crippen LogP contribution in [0.25, 0.3) is 0 Å². The minimum Gasteiger partial charge on any atom is -0.496 e. The molecule has 0 atom stereocenters. The summed E-state index contributed by atoms with van der Waals surface area (Å²) < 4.78 is 5.21. The van der Waals surface area contributed by atoms with Crippen LogP contribution in [0.1, 0.15) is 27.9 Å². The van der Waals surface area contributed by atoms with Gasteiger partial charge in [0.1, 0.15) is 5.75 Å². The van der Waals surface area contributed by atoms with Gasteiger partial charge in [0, 0.05) is 6.42 Å². The number of ether oxygens (including phenoxy) is 1. The second kappa shape index (κ2) is 4.94. The average molecular weight is 207 g/mol. The molecule has 1 aromatic carbocycles. The van der Waals surface area contributed by atoms with Gasteiger partial charge in [-0.05, 0) is 37.6 Å². The SMILES string of the molecule is COc1cc(C)cc(C)c1C(=O)CCN. The number of hydrogen-bond donors (Lipinski definition) is 1. The first-order valence-electron chi connectivity index (χ1n) is 4.98. The van der Waals surface area contributed by atoms with E-state index in [1.807, 2.05) is 26.0 Å². The Morgan fingerprint density at radius 2 is 2.07 bits per heavy atom. The van der Waals surface area contributed by atoms with Crippen molar-refractivity contribution in [3.8, 4) is 5.75 Å². The molecule has 0 radical (unpaired) electrons. The second-order valence-corrected chi connectivity index (χ2v) is 3.62. The Morgan fingerprint density at radius 1 is 1.40 bits per heavy atom.